The molecule has 1 amide bonds. The molecule has 0 spiro atoms. The average Bonchev–Trinajstić information content (AvgIpc) is 3.27. The van der Waals surface area contributed by atoms with Gasteiger partial charge in [-0.2, -0.15) is 5.10 Å². The van der Waals surface area contributed by atoms with E-state index >= 15 is 0 Å². The summed E-state index contributed by atoms with van der Waals surface area (Å²) in [5, 5.41) is 7.13. The summed E-state index contributed by atoms with van der Waals surface area (Å²) in [4.78, 5) is 12.3. The number of nitrogens with zero attached hydrogens (tertiary/aromatic N) is 3. The lowest BCUT2D eigenvalue weighted by Crippen LogP contribution is -2.27. The Labute approximate surface area is 140 Å². The first-order valence-corrected chi connectivity index (χ1v) is 7.74. The molecule has 2 aromatic heterocycles. The first kappa shape index (κ1) is 16.0. The Kier molecular flexibility index (Phi) is 4.77. The summed E-state index contributed by atoms with van der Waals surface area (Å²) in [6, 6.07) is 13.6. The fraction of sp³-hybridized carbons (Fsp3) is 0.222. The van der Waals surface area contributed by atoms with Crippen molar-refractivity contribution in [2.75, 3.05) is 7.11 Å². The topological polar surface area (TPSA) is 61.1 Å². The molecule has 1 N–H and O–H groups in total. The highest BCUT2D eigenvalue weighted by molar-refractivity contribution is 5.92. The summed E-state index contributed by atoms with van der Waals surface area (Å²) in [6.45, 7) is 2.28. The van der Waals surface area contributed by atoms with Gasteiger partial charge in [0, 0.05) is 31.4 Å². The van der Waals surface area contributed by atoms with E-state index in [-0.39, 0.29) is 11.9 Å². The third kappa shape index (κ3) is 3.55. The Morgan fingerprint density at radius 2 is 1.88 bits per heavy atom. The van der Waals surface area contributed by atoms with Crippen molar-refractivity contribution in [3.05, 3.63) is 72.3 Å². The number of hydrogen-bond acceptors (Lipinski definition) is 3. The highest BCUT2D eigenvalue weighted by Gasteiger charge is 2.14. The number of nitrogens with one attached hydrogen (secondary N) is 1. The third-order valence-electron chi connectivity index (χ3n) is 3.78. The number of aromatic nitrogens is 3. The van der Waals surface area contributed by atoms with Crippen LogP contribution in [0.5, 0.6) is 0 Å². The predicted molar refractivity (Wildman–Crippen MR) is 90.9 cm³/mol. The van der Waals surface area contributed by atoms with Crippen molar-refractivity contribution in [1.82, 2.24) is 19.7 Å². The number of methoxy groups -OCH3 is 1. The van der Waals surface area contributed by atoms with E-state index < -0.39 is 0 Å². The van der Waals surface area contributed by atoms with E-state index in [1.165, 1.54) is 0 Å². The molecule has 0 aliphatic rings. The smallest absolute Gasteiger partial charge is 0.272 e. The molecule has 124 valence electrons. The van der Waals surface area contributed by atoms with E-state index in [9.17, 15) is 4.79 Å². The van der Waals surface area contributed by atoms with Crippen LogP contribution < -0.4 is 5.32 Å². The molecule has 3 aromatic rings. The molecule has 0 radical (unpaired) electrons. The van der Waals surface area contributed by atoms with E-state index in [0.29, 0.717) is 12.4 Å². The molecule has 0 aliphatic carbocycles. The van der Waals surface area contributed by atoms with Crippen molar-refractivity contribution in [2.24, 2.45) is 0 Å². The van der Waals surface area contributed by atoms with Gasteiger partial charge in [0.1, 0.15) is 12.4 Å². The zero-order valence-electron chi connectivity index (χ0n) is 13.7. The van der Waals surface area contributed by atoms with Gasteiger partial charge in [-0.25, -0.2) is 4.68 Å². The summed E-state index contributed by atoms with van der Waals surface area (Å²) < 4.78 is 8.59. The van der Waals surface area contributed by atoms with E-state index in [4.69, 9.17) is 4.74 Å². The van der Waals surface area contributed by atoms with Crippen molar-refractivity contribution >= 4 is 5.91 Å². The Hall–Kier alpha value is -2.86. The van der Waals surface area contributed by atoms with Crippen LogP contribution in [0, 0.1) is 0 Å². The molecule has 0 saturated carbocycles. The number of rotatable bonds is 6. The molecule has 2 heterocycles. The van der Waals surface area contributed by atoms with Gasteiger partial charge in [-0.1, -0.05) is 12.1 Å². The zero-order valence-corrected chi connectivity index (χ0v) is 13.7. The van der Waals surface area contributed by atoms with Gasteiger partial charge in [-0.05, 0) is 42.8 Å². The second-order valence-corrected chi connectivity index (χ2v) is 5.54. The Bertz CT molecular complexity index is 791. The molecule has 0 fully saturated rings. The van der Waals surface area contributed by atoms with Gasteiger partial charge < -0.3 is 14.6 Å². The van der Waals surface area contributed by atoms with Gasteiger partial charge in [0.05, 0.1) is 6.04 Å². The first-order chi connectivity index (χ1) is 11.7. The van der Waals surface area contributed by atoms with Crippen molar-refractivity contribution in [3.63, 3.8) is 0 Å². The number of hydrogen-bond donors (Lipinski definition) is 1. The normalized spacial score (nSPS) is 12.1. The van der Waals surface area contributed by atoms with Crippen LogP contribution in [0.25, 0.3) is 5.69 Å². The molecule has 0 saturated heterocycles. The molecule has 1 unspecified atom stereocenters. The molecule has 3 rings (SSSR count). The number of ether oxygens (including phenoxy) is 1. The van der Waals surface area contributed by atoms with Crippen LogP contribution in [-0.4, -0.2) is 27.4 Å². The highest BCUT2D eigenvalue weighted by atomic mass is 16.5. The summed E-state index contributed by atoms with van der Waals surface area (Å²) >= 11 is 0. The van der Waals surface area contributed by atoms with Gasteiger partial charge in [0.25, 0.3) is 5.91 Å². The van der Waals surface area contributed by atoms with Gasteiger partial charge in [-0.3, -0.25) is 4.79 Å². The largest absolute Gasteiger partial charge is 0.362 e. The average molecular weight is 324 g/mol. The van der Waals surface area contributed by atoms with Gasteiger partial charge in [0.2, 0.25) is 0 Å². The minimum atomic E-state index is -0.202. The third-order valence-corrected chi connectivity index (χ3v) is 3.78. The van der Waals surface area contributed by atoms with Crippen molar-refractivity contribution in [3.8, 4) is 5.69 Å². The minimum absolute atomic E-state index is 0.108. The minimum Gasteiger partial charge on any atom is -0.362 e. The highest BCUT2D eigenvalue weighted by Crippen LogP contribution is 2.16. The number of carbonyl (C=O) groups is 1. The van der Waals surface area contributed by atoms with E-state index in [0.717, 1.165) is 11.3 Å². The summed E-state index contributed by atoms with van der Waals surface area (Å²) in [7, 11) is 1.58. The van der Waals surface area contributed by atoms with Gasteiger partial charge in [-0.15, -0.1) is 0 Å². The van der Waals surface area contributed by atoms with Crippen molar-refractivity contribution in [1.29, 1.82) is 0 Å². The SMILES string of the molecule is COCn1ccc(C(=O)NC(C)c2ccc(-n3cccc3)cc2)n1. The summed E-state index contributed by atoms with van der Waals surface area (Å²) in [5.41, 5.74) is 2.50. The monoisotopic (exact) mass is 324 g/mol. The Morgan fingerprint density at radius 1 is 1.17 bits per heavy atom. The van der Waals surface area contributed by atoms with Gasteiger partial charge >= 0.3 is 0 Å². The summed E-state index contributed by atoms with van der Waals surface area (Å²) in [5.74, 6) is -0.202. The zero-order chi connectivity index (χ0) is 16.9. The second kappa shape index (κ2) is 7.14. The maximum atomic E-state index is 12.3. The van der Waals surface area contributed by atoms with E-state index in [1.54, 1.807) is 24.1 Å². The van der Waals surface area contributed by atoms with Crippen LogP contribution in [0.2, 0.25) is 0 Å². The van der Waals surface area contributed by atoms with Crippen LogP contribution in [-0.2, 0) is 11.5 Å². The molecule has 24 heavy (non-hydrogen) atoms. The first-order valence-electron chi connectivity index (χ1n) is 7.74. The molecular formula is C18H20N4O2. The molecule has 6 nitrogen and oxygen atoms in total. The molecular weight excluding hydrogens is 304 g/mol. The van der Waals surface area contributed by atoms with Crippen LogP contribution in [0.4, 0.5) is 0 Å². The molecule has 1 atom stereocenters. The quantitative estimate of drug-likeness (QED) is 0.758. The van der Waals surface area contributed by atoms with Crippen LogP contribution in [0.1, 0.15) is 29.0 Å². The lowest BCUT2D eigenvalue weighted by atomic mass is 10.1. The predicted octanol–water partition coefficient (Wildman–Crippen LogP) is 2.77. The number of carbonyl (C=O) groups excluding carboxylic acids is 1. The van der Waals surface area contributed by atoms with Crippen LogP contribution >= 0.6 is 0 Å². The Morgan fingerprint density at radius 3 is 2.54 bits per heavy atom. The summed E-state index contributed by atoms with van der Waals surface area (Å²) in [6.07, 6.45) is 5.71. The van der Waals surface area contributed by atoms with Crippen LogP contribution in [0.3, 0.4) is 0 Å². The van der Waals surface area contributed by atoms with E-state index in [1.807, 2.05) is 60.3 Å². The lowest BCUT2D eigenvalue weighted by Gasteiger charge is -2.14. The molecule has 6 heteroatoms. The fourth-order valence-corrected chi connectivity index (χ4v) is 2.48. The standard InChI is InChI=1S/C18H20N4O2/c1-14(19-18(23)17-9-12-22(20-17)13-24-2)15-5-7-16(8-6-15)21-10-3-4-11-21/h3-12,14H,13H2,1-2H3,(H,19,23). The Balaban J connectivity index is 1.65. The maximum Gasteiger partial charge on any atom is 0.272 e. The molecule has 0 bridgehead atoms. The fourth-order valence-electron chi connectivity index (χ4n) is 2.48. The van der Waals surface area contributed by atoms with Crippen molar-refractivity contribution in [2.45, 2.75) is 19.7 Å². The van der Waals surface area contributed by atoms with Crippen molar-refractivity contribution < 1.29 is 9.53 Å². The lowest BCUT2D eigenvalue weighted by molar-refractivity contribution is 0.0927. The van der Waals surface area contributed by atoms with Crippen LogP contribution in [0.15, 0.2) is 61.1 Å². The number of amides is 1. The van der Waals surface area contributed by atoms with E-state index in [2.05, 4.69) is 10.4 Å². The number of benzene rings is 1. The maximum absolute atomic E-state index is 12.3. The molecule has 0 aliphatic heterocycles. The van der Waals surface area contributed by atoms with Gasteiger partial charge in [0.15, 0.2) is 0 Å². The second-order valence-electron chi connectivity index (χ2n) is 5.54. The molecule has 1 aromatic carbocycles.